The van der Waals surface area contributed by atoms with Gasteiger partial charge in [-0.05, 0) is 54.8 Å². The molecule has 0 bridgehead atoms. The molecule has 3 aromatic rings. The lowest BCUT2D eigenvalue weighted by molar-refractivity contribution is -0.118. The van der Waals surface area contributed by atoms with E-state index in [1.54, 1.807) is 13.2 Å². The van der Waals surface area contributed by atoms with Crippen molar-refractivity contribution in [1.29, 1.82) is 0 Å². The van der Waals surface area contributed by atoms with Crippen LogP contribution in [0.25, 0.3) is 11.1 Å². The summed E-state index contributed by atoms with van der Waals surface area (Å²) in [5.74, 6) is 2.10. The second kappa shape index (κ2) is 7.26. The fraction of sp³-hybridized carbons (Fsp3) is 0.208. The molecule has 1 aliphatic carbocycles. The van der Waals surface area contributed by atoms with Gasteiger partial charge in [-0.25, -0.2) is 0 Å². The van der Waals surface area contributed by atoms with Crippen molar-refractivity contribution in [2.75, 3.05) is 19.2 Å². The third-order valence-corrected chi connectivity index (χ3v) is 6.06. The Kier molecular flexibility index (Phi) is 4.55. The number of amides is 1. The molecule has 0 radical (unpaired) electrons. The summed E-state index contributed by atoms with van der Waals surface area (Å²) in [6.07, 6.45) is 1.59. The Balaban J connectivity index is 1.43. The van der Waals surface area contributed by atoms with E-state index in [4.69, 9.17) is 25.8 Å². The van der Waals surface area contributed by atoms with Crippen LogP contribution in [0.3, 0.4) is 0 Å². The summed E-state index contributed by atoms with van der Waals surface area (Å²) in [5.41, 5.74) is 2.78. The lowest BCUT2D eigenvalue weighted by Crippen LogP contribution is -2.27. The third kappa shape index (κ3) is 3.15. The van der Waals surface area contributed by atoms with E-state index < -0.39 is 5.41 Å². The number of ether oxygens (including phenoxy) is 3. The maximum Gasteiger partial charge on any atom is 0.235 e. The zero-order valence-electron chi connectivity index (χ0n) is 16.4. The highest BCUT2D eigenvalue weighted by atomic mass is 35.5. The van der Waals surface area contributed by atoms with Gasteiger partial charge in [0, 0.05) is 21.8 Å². The van der Waals surface area contributed by atoms with Crippen LogP contribution in [0.4, 0.5) is 5.69 Å². The van der Waals surface area contributed by atoms with Gasteiger partial charge < -0.3 is 19.5 Å². The maximum atomic E-state index is 13.2. The molecule has 1 saturated carbocycles. The average Bonchev–Trinajstić information content (AvgIpc) is 3.46. The van der Waals surface area contributed by atoms with E-state index in [0.717, 1.165) is 35.3 Å². The van der Waals surface area contributed by atoms with Gasteiger partial charge in [-0.15, -0.1) is 0 Å². The Hall–Kier alpha value is -3.18. The van der Waals surface area contributed by atoms with E-state index >= 15 is 0 Å². The van der Waals surface area contributed by atoms with Gasteiger partial charge >= 0.3 is 0 Å². The number of methoxy groups -OCH3 is 1. The summed E-state index contributed by atoms with van der Waals surface area (Å²) >= 11 is 6.45. The second-order valence-electron chi connectivity index (χ2n) is 7.50. The minimum atomic E-state index is -0.536. The van der Waals surface area contributed by atoms with Crippen LogP contribution in [-0.4, -0.2) is 19.8 Å². The van der Waals surface area contributed by atoms with Gasteiger partial charge in [0.15, 0.2) is 11.5 Å². The van der Waals surface area contributed by atoms with E-state index in [1.807, 2.05) is 54.6 Å². The molecule has 0 spiro atoms. The third-order valence-electron chi connectivity index (χ3n) is 5.73. The van der Waals surface area contributed by atoms with Crippen LogP contribution >= 0.6 is 11.6 Å². The zero-order chi connectivity index (χ0) is 20.7. The highest BCUT2D eigenvalue weighted by Gasteiger charge is 2.51. The molecule has 6 heteroatoms. The van der Waals surface area contributed by atoms with Crippen LogP contribution in [-0.2, 0) is 10.2 Å². The van der Waals surface area contributed by atoms with Gasteiger partial charge in [0.25, 0.3) is 0 Å². The minimum Gasteiger partial charge on any atom is -0.496 e. The molecular formula is C24H20ClNO4. The number of rotatable bonds is 5. The smallest absolute Gasteiger partial charge is 0.235 e. The van der Waals surface area contributed by atoms with Crippen LogP contribution < -0.4 is 19.5 Å². The molecule has 3 aromatic carbocycles. The largest absolute Gasteiger partial charge is 0.496 e. The Morgan fingerprint density at radius 2 is 1.80 bits per heavy atom. The Labute approximate surface area is 179 Å². The Morgan fingerprint density at radius 1 is 1.00 bits per heavy atom. The number of benzene rings is 3. The van der Waals surface area contributed by atoms with Crippen LogP contribution in [0.2, 0.25) is 5.02 Å². The number of anilines is 1. The number of carbonyl (C=O) groups is 1. The SMILES string of the molecule is COc1ccccc1-c1cc(NC(=O)C2(c3ccc4c(c3)OCO4)CC2)ccc1Cl. The molecule has 1 aliphatic heterocycles. The first kappa shape index (κ1) is 18.8. The van der Waals surface area contributed by atoms with Gasteiger partial charge in [-0.2, -0.15) is 0 Å². The van der Waals surface area contributed by atoms with Crippen molar-refractivity contribution in [2.45, 2.75) is 18.3 Å². The first-order chi connectivity index (χ1) is 14.6. The second-order valence-corrected chi connectivity index (χ2v) is 7.91. The summed E-state index contributed by atoms with van der Waals surface area (Å²) in [4.78, 5) is 13.2. The quantitative estimate of drug-likeness (QED) is 0.598. The van der Waals surface area contributed by atoms with E-state index in [-0.39, 0.29) is 12.7 Å². The number of hydrogen-bond acceptors (Lipinski definition) is 4. The maximum absolute atomic E-state index is 13.2. The molecule has 5 rings (SSSR count). The molecule has 0 aromatic heterocycles. The predicted molar refractivity (Wildman–Crippen MR) is 116 cm³/mol. The molecule has 1 N–H and O–H groups in total. The molecule has 30 heavy (non-hydrogen) atoms. The van der Waals surface area contributed by atoms with Gasteiger partial charge in [0.05, 0.1) is 12.5 Å². The monoisotopic (exact) mass is 421 g/mol. The molecule has 152 valence electrons. The van der Waals surface area contributed by atoms with E-state index in [2.05, 4.69) is 5.32 Å². The lowest BCUT2D eigenvalue weighted by Gasteiger charge is -2.17. The van der Waals surface area contributed by atoms with Gasteiger partial charge in [-0.1, -0.05) is 35.9 Å². The number of halogens is 1. The molecule has 0 atom stereocenters. The van der Waals surface area contributed by atoms with Gasteiger partial charge in [-0.3, -0.25) is 4.79 Å². The number of nitrogens with one attached hydrogen (secondary N) is 1. The fourth-order valence-electron chi connectivity index (χ4n) is 3.89. The normalized spacial score (nSPS) is 15.5. The summed E-state index contributed by atoms with van der Waals surface area (Å²) in [5, 5.41) is 3.67. The first-order valence-electron chi connectivity index (χ1n) is 9.75. The number of hydrogen-bond donors (Lipinski definition) is 1. The minimum absolute atomic E-state index is 0.0327. The van der Waals surface area contributed by atoms with Crippen LogP contribution in [0.1, 0.15) is 18.4 Å². The lowest BCUT2D eigenvalue weighted by atomic mass is 9.94. The molecule has 1 fully saturated rings. The molecule has 0 saturated heterocycles. The number of para-hydroxylation sites is 1. The van der Waals surface area contributed by atoms with Crippen LogP contribution in [0.15, 0.2) is 60.7 Å². The Bertz CT molecular complexity index is 1140. The van der Waals surface area contributed by atoms with Crippen molar-refractivity contribution in [3.63, 3.8) is 0 Å². The predicted octanol–water partition coefficient (Wildman–Crippen LogP) is 5.41. The molecule has 1 heterocycles. The summed E-state index contributed by atoms with van der Waals surface area (Å²) in [6.45, 7) is 0.217. The fourth-order valence-corrected chi connectivity index (χ4v) is 4.11. The molecule has 2 aliphatic rings. The molecule has 5 nitrogen and oxygen atoms in total. The molecule has 1 amide bonds. The Morgan fingerprint density at radius 3 is 2.60 bits per heavy atom. The standard InChI is InChI=1S/C24H20ClNO4/c1-28-20-5-3-2-4-17(20)18-13-16(7-8-19(18)25)26-23(27)24(10-11-24)15-6-9-21-22(12-15)30-14-29-21/h2-9,12-13H,10-11,14H2,1H3,(H,26,27). The first-order valence-corrected chi connectivity index (χ1v) is 10.1. The van der Waals surface area contributed by atoms with Gasteiger partial charge in [0.2, 0.25) is 12.7 Å². The summed E-state index contributed by atoms with van der Waals surface area (Å²) in [6, 6.07) is 18.9. The van der Waals surface area contributed by atoms with Crippen molar-refractivity contribution in [3.05, 3.63) is 71.2 Å². The van der Waals surface area contributed by atoms with Crippen molar-refractivity contribution in [1.82, 2.24) is 0 Å². The van der Waals surface area contributed by atoms with E-state index in [1.165, 1.54) is 0 Å². The number of carbonyl (C=O) groups excluding carboxylic acids is 1. The molecule has 0 unspecified atom stereocenters. The summed E-state index contributed by atoms with van der Waals surface area (Å²) < 4.78 is 16.3. The van der Waals surface area contributed by atoms with E-state index in [0.29, 0.717) is 22.2 Å². The molecular weight excluding hydrogens is 402 g/mol. The van der Waals surface area contributed by atoms with E-state index in [9.17, 15) is 4.79 Å². The van der Waals surface area contributed by atoms with Crippen LogP contribution in [0.5, 0.6) is 17.2 Å². The van der Waals surface area contributed by atoms with Crippen molar-refractivity contribution in [2.24, 2.45) is 0 Å². The van der Waals surface area contributed by atoms with Crippen molar-refractivity contribution >= 4 is 23.2 Å². The summed E-state index contributed by atoms with van der Waals surface area (Å²) in [7, 11) is 1.63. The van der Waals surface area contributed by atoms with Gasteiger partial charge in [0.1, 0.15) is 5.75 Å². The number of fused-ring (bicyclic) bond motifs is 1. The highest BCUT2D eigenvalue weighted by Crippen LogP contribution is 2.51. The highest BCUT2D eigenvalue weighted by molar-refractivity contribution is 6.33. The van der Waals surface area contributed by atoms with Crippen LogP contribution in [0, 0.1) is 0 Å². The van der Waals surface area contributed by atoms with Crippen molar-refractivity contribution < 1.29 is 19.0 Å². The van der Waals surface area contributed by atoms with Crippen molar-refractivity contribution in [3.8, 4) is 28.4 Å². The zero-order valence-corrected chi connectivity index (χ0v) is 17.2. The topological polar surface area (TPSA) is 56.8 Å². The average molecular weight is 422 g/mol.